The third-order valence-electron chi connectivity index (χ3n) is 3.13. The molecular weight excluding hydrogens is 297 g/mol. The maximum Gasteiger partial charge on any atom is 0.297 e. The van der Waals surface area contributed by atoms with Crippen LogP contribution in [0, 0.1) is 5.41 Å². The molecule has 2 nitrogen and oxygen atoms in total. The lowest BCUT2D eigenvalue weighted by molar-refractivity contribution is -0.136. The summed E-state index contributed by atoms with van der Waals surface area (Å²) in [6, 6.07) is 4.09. The maximum atomic E-state index is 12.6. The van der Waals surface area contributed by atoms with Gasteiger partial charge in [-0.1, -0.05) is 30.1 Å². The number of Topliss-reactive ketones (excluding diaryl/α,β-unsaturated/α-hetero) is 2. The van der Waals surface area contributed by atoms with Gasteiger partial charge in [0.05, 0.1) is 10.4 Å². The third-order valence-corrected chi connectivity index (χ3v) is 3.67. The van der Waals surface area contributed by atoms with Crippen LogP contribution in [0.1, 0.15) is 30.6 Å². The van der Waals surface area contributed by atoms with Gasteiger partial charge in [-0.25, -0.2) is 8.78 Å². The van der Waals surface area contributed by atoms with E-state index in [-0.39, 0.29) is 17.0 Å². The lowest BCUT2D eigenvalue weighted by Gasteiger charge is -2.25. The highest BCUT2D eigenvalue weighted by Crippen LogP contribution is 2.33. The van der Waals surface area contributed by atoms with Crippen LogP contribution in [-0.2, 0) is 4.79 Å². The highest BCUT2D eigenvalue weighted by atomic mass is 35.5. The molecule has 19 heavy (non-hydrogen) atoms. The molecule has 0 fully saturated rings. The second-order valence-electron chi connectivity index (χ2n) is 4.30. The van der Waals surface area contributed by atoms with E-state index in [0.29, 0.717) is 5.02 Å². The first-order valence-electron chi connectivity index (χ1n) is 5.56. The zero-order valence-electron chi connectivity index (χ0n) is 10.3. The Morgan fingerprint density at radius 1 is 1.32 bits per heavy atom. The quantitative estimate of drug-likeness (QED) is 0.596. The van der Waals surface area contributed by atoms with E-state index in [1.165, 1.54) is 32.0 Å². The molecule has 0 aliphatic carbocycles. The summed E-state index contributed by atoms with van der Waals surface area (Å²) in [7, 11) is 0. The second-order valence-corrected chi connectivity index (χ2v) is 5.15. The molecule has 0 saturated carbocycles. The summed E-state index contributed by atoms with van der Waals surface area (Å²) < 4.78 is 25.2. The van der Waals surface area contributed by atoms with Crippen molar-refractivity contribution in [3.63, 3.8) is 0 Å². The summed E-state index contributed by atoms with van der Waals surface area (Å²) >= 11 is 11.6. The fraction of sp³-hybridized carbons (Fsp3) is 0.385. The number of rotatable bonds is 5. The SMILES string of the molecule is CCC(C)(C(=O)c1ccc(Cl)cc1Cl)C(=O)C(F)F. The zero-order valence-corrected chi connectivity index (χ0v) is 11.9. The van der Waals surface area contributed by atoms with Gasteiger partial charge in [-0.05, 0) is 31.5 Å². The number of hydrogen-bond donors (Lipinski definition) is 0. The van der Waals surface area contributed by atoms with E-state index < -0.39 is 23.4 Å². The Kier molecular flexibility index (Phi) is 5.04. The molecule has 0 saturated heterocycles. The van der Waals surface area contributed by atoms with Gasteiger partial charge in [0.25, 0.3) is 6.43 Å². The average Bonchev–Trinajstić information content (AvgIpc) is 2.36. The van der Waals surface area contributed by atoms with Crippen molar-refractivity contribution in [1.29, 1.82) is 0 Å². The first-order valence-corrected chi connectivity index (χ1v) is 6.32. The molecule has 1 unspecified atom stereocenters. The number of carbonyl (C=O) groups excluding carboxylic acids is 2. The lowest BCUT2D eigenvalue weighted by Crippen LogP contribution is -2.40. The summed E-state index contributed by atoms with van der Waals surface area (Å²) in [5, 5.41) is 0.360. The zero-order chi connectivity index (χ0) is 14.8. The largest absolute Gasteiger partial charge is 0.297 e. The molecular formula is C13H12Cl2F2O2. The molecule has 1 aromatic rings. The van der Waals surface area contributed by atoms with E-state index in [9.17, 15) is 18.4 Å². The summed E-state index contributed by atoms with van der Waals surface area (Å²) in [6.45, 7) is 2.71. The molecule has 6 heteroatoms. The summed E-state index contributed by atoms with van der Waals surface area (Å²) in [6.07, 6.45) is -3.23. The van der Waals surface area contributed by atoms with E-state index >= 15 is 0 Å². The van der Waals surface area contributed by atoms with Gasteiger partial charge in [0.15, 0.2) is 5.78 Å². The van der Waals surface area contributed by atoms with Gasteiger partial charge in [0.2, 0.25) is 5.78 Å². The van der Waals surface area contributed by atoms with Gasteiger partial charge in [-0.15, -0.1) is 0 Å². The van der Waals surface area contributed by atoms with Crippen LogP contribution >= 0.6 is 23.2 Å². The smallest absolute Gasteiger partial charge is 0.293 e. The van der Waals surface area contributed by atoms with Gasteiger partial charge in [-0.3, -0.25) is 9.59 Å². The van der Waals surface area contributed by atoms with E-state index in [4.69, 9.17) is 23.2 Å². The number of hydrogen-bond acceptors (Lipinski definition) is 2. The normalized spacial score (nSPS) is 14.3. The van der Waals surface area contributed by atoms with E-state index in [2.05, 4.69) is 0 Å². The van der Waals surface area contributed by atoms with Crippen molar-refractivity contribution in [1.82, 2.24) is 0 Å². The Bertz CT molecular complexity index is 517. The molecule has 0 spiro atoms. The Balaban J connectivity index is 3.26. The fourth-order valence-corrected chi connectivity index (χ4v) is 2.15. The molecule has 0 aromatic heterocycles. The third kappa shape index (κ3) is 3.12. The summed E-state index contributed by atoms with van der Waals surface area (Å²) in [5.74, 6) is -2.12. The number of ketones is 2. The highest BCUT2D eigenvalue weighted by Gasteiger charge is 2.44. The molecule has 1 atom stereocenters. The van der Waals surface area contributed by atoms with Crippen molar-refractivity contribution in [2.45, 2.75) is 26.7 Å². The van der Waals surface area contributed by atoms with Gasteiger partial charge in [0.1, 0.15) is 0 Å². The van der Waals surface area contributed by atoms with Gasteiger partial charge < -0.3 is 0 Å². The van der Waals surface area contributed by atoms with Crippen molar-refractivity contribution in [3.8, 4) is 0 Å². The fourth-order valence-electron chi connectivity index (χ4n) is 1.66. The minimum Gasteiger partial charge on any atom is -0.293 e. The van der Waals surface area contributed by atoms with Crippen LogP contribution in [-0.4, -0.2) is 18.0 Å². The minimum atomic E-state index is -3.19. The molecule has 0 bridgehead atoms. The van der Waals surface area contributed by atoms with Crippen LogP contribution in [0.5, 0.6) is 0 Å². The number of halogens is 4. The van der Waals surface area contributed by atoms with E-state index in [1.807, 2.05) is 0 Å². The Hall–Kier alpha value is -1.00. The van der Waals surface area contributed by atoms with Crippen molar-refractivity contribution >= 4 is 34.8 Å². The van der Waals surface area contributed by atoms with Crippen LogP contribution in [0.15, 0.2) is 18.2 Å². The topological polar surface area (TPSA) is 34.1 Å². The monoisotopic (exact) mass is 308 g/mol. The molecule has 104 valence electrons. The summed E-state index contributed by atoms with van der Waals surface area (Å²) in [5.41, 5.74) is -1.77. The molecule has 1 rings (SSSR count). The standard InChI is InChI=1S/C13H12Cl2F2O2/c1-3-13(2,11(19)12(16)17)10(18)8-5-4-7(14)6-9(8)15/h4-6,12H,3H2,1-2H3. The lowest BCUT2D eigenvalue weighted by atomic mass is 9.76. The number of carbonyl (C=O) groups is 2. The van der Waals surface area contributed by atoms with E-state index in [1.54, 1.807) is 0 Å². The minimum absolute atomic E-state index is 0.0180. The van der Waals surface area contributed by atoms with Crippen LogP contribution in [0.2, 0.25) is 10.0 Å². The van der Waals surface area contributed by atoms with Crippen molar-refractivity contribution in [2.24, 2.45) is 5.41 Å². The first-order chi connectivity index (χ1) is 8.74. The van der Waals surface area contributed by atoms with Crippen molar-refractivity contribution in [2.75, 3.05) is 0 Å². The van der Waals surface area contributed by atoms with Gasteiger partial charge >= 0.3 is 0 Å². The highest BCUT2D eigenvalue weighted by molar-refractivity contribution is 6.37. The Morgan fingerprint density at radius 2 is 1.89 bits per heavy atom. The first kappa shape index (κ1) is 16.1. The Morgan fingerprint density at radius 3 is 2.32 bits per heavy atom. The molecule has 0 aliphatic heterocycles. The molecule has 0 aliphatic rings. The van der Waals surface area contributed by atoms with Gasteiger partial charge in [0, 0.05) is 10.6 Å². The molecule has 0 N–H and O–H groups in total. The maximum absolute atomic E-state index is 12.6. The molecule has 0 heterocycles. The Labute approximate surface area is 119 Å². The van der Waals surface area contributed by atoms with Gasteiger partial charge in [-0.2, -0.15) is 0 Å². The van der Waals surface area contributed by atoms with Crippen molar-refractivity contribution < 1.29 is 18.4 Å². The second kappa shape index (κ2) is 5.97. The predicted molar refractivity (Wildman–Crippen MR) is 70.2 cm³/mol. The predicted octanol–water partition coefficient (Wildman–Crippen LogP) is 4.43. The molecule has 0 radical (unpaired) electrons. The van der Waals surface area contributed by atoms with Crippen LogP contribution in [0.3, 0.4) is 0 Å². The average molecular weight is 309 g/mol. The number of alkyl halides is 2. The van der Waals surface area contributed by atoms with Crippen LogP contribution < -0.4 is 0 Å². The number of benzene rings is 1. The van der Waals surface area contributed by atoms with Crippen LogP contribution in [0.25, 0.3) is 0 Å². The van der Waals surface area contributed by atoms with E-state index in [0.717, 1.165) is 0 Å². The summed E-state index contributed by atoms with van der Waals surface area (Å²) in [4.78, 5) is 23.8. The van der Waals surface area contributed by atoms with Crippen molar-refractivity contribution in [3.05, 3.63) is 33.8 Å². The van der Waals surface area contributed by atoms with Crippen LogP contribution in [0.4, 0.5) is 8.78 Å². The molecule has 0 amide bonds. The molecule has 1 aromatic carbocycles.